The Morgan fingerprint density at radius 3 is 2.04 bits per heavy atom. The minimum Gasteiger partial charge on any atom is -0.508 e. The lowest BCUT2D eigenvalue weighted by Gasteiger charge is -2.42. The molecule has 7 nitrogen and oxygen atoms in total. The maximum atomic E-state index is 13.1. The van der Waals surface area contributed by atoms with Crippen molar-refractivity contribution in [2.45, 2.75) is 17.6 Å². The number of piperidine rings is 1. The third-order valence-corrected chi connectivity index (χ3v) is 7.29. The molecule has 0 unspecified atom stereocenters. The Hall–Kier alpha value is -1.22. The van der Waals surface area contributed by atoms with E-state index in [1.165, 1.54) is 6.26 Å². The summed E-state index contributed by atoms with van der Waals surface area (Å²) in [6.45, 7) is 3.40. The zero-order valence-corrected chi connectivity index (χ0v) is 17.7. The van der Waals surface area contributed by atoms with Crippen LogP contribution in [0.5, 0.6) is 5.75 Å². The van der Waals surface area contributed by atoms with E-state index in [2.05, 4.69) is 10.2 Å². The smallest absolute Gasteiger partial charge is 0.244 e. The van der Waals surface area contributed by atoms with Crippen molar-refractivity contribution in [2.75, 3.05) is 50.4 Å². The first-order valence-corrected chi connectivity index (χ1v) is 10.5. The van der Waals surface area contributed by atoms with E-state index < -0.39 is 14.6 Å². The molecule has 0 radical (unpaired) electrons. The highest BCUT2D eigenvalue weighted by molar-refractivity contribution is 7.92. The fourth-order valence-electron chi connectivity index (χ4n) is 3.69. The number of carbonyl (C=O) groups is 1. The standard InChI is InChI=1S/C17H25N3O4S.2ClH/c1-25(23,24)17(6-8-18-9-7-17)16(22)20-12-10-19(11-13-20)14-2-4-15(21)5-3-14;;/h2-5,18,21H,6-13H2,1H3;2*1H. The van der Waals surface area contributed by atoms with Crippen molar-refractivity contribution in [3.63, 3.8) is 0 Å². The molecule has 0 aliphatic carbocycles. The summed E-state index contributed by atoms with van der Waals surface area (Å²) in [5.41, 5.74) is 0.990. The van der Waals surface area contributed by atoms with Crippen LogP contribution in [0.1, 0.15) is 12.8 Å². The molecule has 2 aliphatic heterocycles. The quantitative estimate of drug-likeness (QED) is 0.731. The molecular formula is C17H27Cl2N3O4S. The number of aromatic hydroxyl groups is 1. The van der Waals surface area contributed by atoms with Crippen molar-refractivity contribution in [2.24, 2.45) is 0 Å². The molecule has 2 aliphatic rings. The molecule has 0 saturated carbocycles. The van der Waals surface area contributed by atoms with Gasteiger partial charge in [0, 0.05) is 38.1 Å². The Bertz CT molecular complexity index is 729. The maximum Gasteiger partial charge on any atom is 0.244 e. The first kappa shape index (κ1) is 23.8. The SMILES string of the molecule is CS(=O)(=O)C1(C(=O)N2CCN(c3ccc(O)cc3)CC2)CCNCC1.Cl.Cl. The van der Waals surface area contributed by atoms with Crippen LogP contribution in [0.2, 0.25) is 0 Å². The third kappa shape index (κ3) is 4.80. The molecule has 2 fully saturated rings. The van der Waals surface area contributed by atoms with Crippen molar-refractivity contribution < 1.29 is 18.3 Å². The molecule has 2 heterocycles. The van der Waals surface area contributed by atoms with Crippen LogP contribution in [0.15, 0.2) is 24.3 Å². The van der Waals surface area contributed by atoms with Gasteiger partial charge in [-0.05, 0) is 50.2 Å². The van der Waals surface area contributed by atoms with Crippen molar-refractivity contribution >= 4 is 46.2 Å². The molecular weight excluding hydrogens is 413 g/mol. The zero-order valence-electron chi connectivity index (χ0n) is 15.3. The number of nitrogens with zero attached hydrogens (tertiary/aromatic N) is 2. The van der Waals surface area contributed by atoms with Crippen LogP contribution in [0, 0.1) is 0 Å². The number of benzene rings is 1. The van der Waals surface area contributed by atoms with Gasteiger partial charge in [-0.1, -0.05) is 0 Å². The molecule has 1 aromatic rings. The first-order valence-electron chi connectivity index (χ1n) is 8.57. The number of rotatable bonds is 3. The van der Waals surface area contributed by atoms with Crippen LogP contribution < -0.4 is 10.2 Å². The minimum atomic E-state index is -3.48. The number of halogens is 2. The molecule has 0 bridgehead atoms. The van der Waals surface area contributed by atoms with Crippen LogP contribution in [0.25, 0.3) is 0 Å². The Labute approximate surface area is 172 Å². The fraction of sp³-hybridized carbons (Fsp3) is 0.588. The van der Waals surface area contributed by atoms with Gasteiger partial charge < -0.3 is 20.2 Å². The number of carbonyl (C=O) groups excluding carboxylic acids is 1. The normalized spacial score (nSPS) is 19.6. The van der Waals surface area contributed by atoms with Crippen LogP contribution in [-0.4, -0.2) is 74.6 Å². The third-order valence-electron chi connectivity index (χ3n) is 5.29. The average molecular weight is 440 g/mol. The van der Waals surface area contributed by atoms with E-state index in [9.17, 15) is 18.3 Å². The Kier molecular flexibility index (Phi) is 8.22. The van der Waals surface area contributed by atoms with Gasteiger partial charge >= 0.3 is 0 Å². The van der Waals surface area contributed by atoms with Gasteiger partial charge in [-0.2, -0.15) is 0 Å². The summed E-state index contributed by atoms with van der Waals surface area (Å²) in [5.74, 6) is -0.0274. The summed E-state index contributed by atoms with van der Waals surface area (Å²) in [6, 6.07) is 6.97. The monoisotopic (exact) mass is 439 g/mol. The van der Waals surface area contributed by atoms with E-state index in [1.54, 1.807) is 17.0 Å². The highest BCUT2D eigenvalue weighted by atomic mass is 35.5. The van der Waals surface area contributed by atoms with E-state index in [4.69, 9.17) is 0 Å². The van der Waals surface area contributed by atoms with Crippen LogP contribution in [-0.2, 0) is 14.6 Å². The van der Waals surface area contributed by atoms with Crippen molar-refractivity contribution in [1.82, 2.24) is 10.2 Å². The van der Waals surface area contributed by atoms with Gasteiger partial charge in [0.05, 0.1) is 0 Å². The van der Waals surface area contributed by atoms with E-state index in [1.807, 2.05) is 12.1 Å². The van der Waals surface area contributed by atoms with Crippen molar-refractivity contribution in [3.8, 4) is 5.75 Å². The molecule has 154 valence electrons. The van der Waals surface area contributed by atoms with Gasteiger partial charge in [0.25, 0.3) is 0 Å². The van der Waals surface area contributed by atoms with Crippen LogP contribution in [0.3, 0.4) is 0 Å². The van der Waals surface area contributed by atoms with Crippen LogP contribution >= 0.6 is 24.8 Å². The lowest BCUT2D eigenvalue weighted by Crippen LogP contribution is -2.61. The summed E-state index contributed by atoms with van der Waals surface area (Å²) in [4.78, 5) is 16.9. The Morgan fingerprint density at radius 1 is 1.04 bits per heavy atom. The second-order valence-electron chi connectivity index (χ2n) is 6.81. The average Bonchev–Trinajstić information content (AvgIpc) is 2.61. The first-order chi connectivity index (χ1) is 11.8. The predicted molar refractivity (Wildman–Crippen MR) is 111 cm³/mol. The summed E-state index contributed by atoms with van der Waals surface area (Å²) >= 11 is 0. The van der Waals surface area contributed by atoms with E-state index >= 15 is 0 Å². The summed E-state index contributed by atoms with van der Waals surface area (Å²) in [7, 11) is -3.48. The van der Waals surface area contributed by atoms with E-state index in [0.717, 1.165) is 5.69 Å². The number of piperazine rings is 1. The molecule has 1 amide bonds. The second-order valence-corrected chi connectivity index (χ2v) is 9.14. The number of hydrogen-bond acceptors (Lipinski definition) is 6. The highest BCUT2D eigenvalue weighted by Gasteiger charge is 2.50. The highest BCUT2D eigenvalue weighted by Crippen LogP contribution is 2.31. The molecule has 27 heavy (non-hydrogen) atoms. The number of phenolic OH excluding ortho intramolecular Hbond substituents is 1. The Balaban J connectivity index is 0.00000182. The predicted octanol–water partition coefficient (Wildman–Crippen LogP) is 1.05. The molecule has 2 saturated heterocycles. The van der Waals surface area contributed by atoms with Gasteiger partial charge in [-0.3, -0.25) is 4.79 Å². The van der Waals surface area contributed by atoms with Gasteiger partial charge in [-0.15, -0.1) is 24.8 Å². The number of anilines is 1. The fourth-order valence-corrected chi connectivity index (χ4v) is 5.09. The molecule has 0 spiro atoms. The number of nitrogens with one attached hydrogen (secondary N) is 1. The summed E-state index contributed by atoms with van der Waals surface area (Å²) < 4.78 is 23.5. The zero-order chi connectivity index (χ0) is 18.1. The van der Waals surface area contributed by atoms with Gasteiger partial charge in [0.2, 0.25) is 5.91 Å². The topological polar surface area (TPSA) is 90.0 Å². The number of phenols is 1. The molecule has 0 atom stereocenters. The van der Waals surface area contributed by atoms with Crippen LogP contribution in [0.4, 0.5) is 5.69 Å². The minimum absolute atomic E-state index is 0. The van der Waals surface area contributed by atoms with Crippen molar-refractivity contribution in [1.29, 1.82) is 0 Å². The van der Waals surface area contributed by atoms with E-state index in [-0.39, 0.29) is 36.5 Å². The van der Waals surface area contributed by atoms with Crippen molar-refractivity contribution in [3.05, 3.63) is 24.3 Å². The Morgan fingerprint density at radius 2 is 1.56 bits per heavy atom. The number of amides is 1. The number of sulfone groups is 1. The van der Waals surface area contributed by atoms with Gasteiger partial charge in [-0.25, -0.2) is 8.42 Å². The summed E-state index contributed by atoms with van der Waals surface area (Å²) in [6.07, 6.45) is 1.86. The lowest BCUT2D eigenvalue weighted by atomic mass is 9.94. The summed E-state index contributed by atoms with van der Waals surface area (Å²) in [5, 5.41) is 12.5. The largest absolute Gasteiger partial charge is 0.508 e. The molecule has 2 N–H and O–H groups in total. The van der Waals surface area contributed by atoms with E-state index in [0.29, 0.717) is 52.1 Å². The lowest BCUT2D eigenvalue weighted by molar-refractivity contribution is -0.135. The maximum absolute atomic E-state index is 13.1. The van der Waals surface area contributed by atoms with Gasteiger partial charge in [0.1, 0.15) is 5.75 Å². The molecule has 0 aromatic heterocycles. The molecule has 1 aromatic carbocycles. The number of hydrogen-bond donors (Lipinski definition) is 2. The van der Waals surface area contributed by atoms with Gasteiger partial charge in [0.15, 0.2) is 14.6 Å². The molecule has 3 rings (SSSR count). The second kappa shape index (κ2) is 9.32. The molecule has 10 heteroatoms.